The molecule has 4 heteroatoms. The van der Waals surface area contributed by atoms with E-state index >= 15 is 0 Å². The number of fused-ring (bicyclic) bond motifs is 1. The van der Waals surface area contributed by atoms with Crippen molar-refractivity contribution in [1.82, 2.24) is 0 Å². The van der Waals surface area contributed by atoms with Crippen LogP contribution in [-0.2, 0) is 24.2 Å². The molecule has 3 rings (SSSR count). The summed E-state index contributed by atoms with van der Waals surface area (Å²) in [6, 6.07) is 11.5. The molecule has 0 aromatic heterocycles. The second-order valence-corrected chi connectivity index (χ2v) is 6.03. The van der Waals surface area contributed by atoms with Crippen LogP contribution in [0.4, 0.5) is 5.69 Å². The third kappa shape index (κ3) is 2.95. The molecule has 1 aliphatic carbocycles. The quantitative estimate of drug-likeness (QED) is 0.678. The van der Waals surface area contributed by atoms with E-state index in [2.05, 4.69) is 28.1 Å². The van der Waals surface area contributed by atoms with E-state index in [9.17, 15) is 4.79 Å². The number of nitrogens with two attached hydrogens (primary N) is 1. The number of carbonyl (C=O) groups is 1. The van der Waals surface area contributed by atoms with Gasteiger partial charge in [0.1, 0.15) is 6.61 Å². The van der Waals surface area contributed by atoms with E-state index in [0.717, 1.165) is 18.4 Å². The molecular weight excluding hydrogens is 330 g/mol. The van der Waals surface area contributed by atoms with Gasteiger partial charge in [-0.25, -0.2) is 4.79 Å². The topological polar surface area (TPSA) is 52.3 Å². The summed E-state index contributed by atoms with van der Waals surface area (Å²) < 4.78 is 5.97. The number of hydrogen-bond donors (Lipinski definition) is 1. The largest absolute Gasteiger partial charge is 0.457 e. The molecule has 3 nitrogen and oxygen atoms in total. The fourth-order valence-corrected chi connectivity index (χ4v) is 3.08. The van der Waals surface area contributed by atoms with Crippen LogP contribution in [-0.4, -0.2) is 5.97 Å². The molecule has 0 spiro atoms. The van der Waals surface area contributed by atoms with E-state index < -0.39 is 0 Å². The van der Waals surface area contributed by atoms with Crippen LogP contribution in [0.25, 0.3) is 0 Å². The molecule has 0 unspecified atom stereocenters. The lowest BCUT2D eigenvalue weighted by Gasteiger charge is -2.09. The van der Waals surface area contributed by atoms with Gasteiger partial charge in [-0.05, 0) is 64.0 Å². The number of benzene rings is 2. The van der Waals surface area contributed by atoms with Gasteiger partial charge in [-0.3, -0.25) is 0 Å². The van der Waals surface area contributed by atoms with Crippen molar-refractivity contribution in [3.05, 3.63) is 63.1 Å². The minimum Gasteiger partial charge on any atom is -0.457 e. The molecule has 108 valence electrons. The zero-order chi connectivity index (χ0) is 14.8. The minimum atomic E-state index is -0.366. The Hall–Kier alpha value is -1.81. The summed E-state index contributed by atoms with van der Waals surface area (Å²) in [6.07, 6.45) is 3.50. The van der Waals surface area contributed by atoms with Gasteiger partial charge in [0.25, 0.3) is 0 Å². The second kappa shape index (κ2) is 5.90. The van der Waals surface area contributed by atoms with Gasteiger partial charge in [0.05, 0.1) is 10.0 Å². The van der Waals surface area contributed by atoms with Crippen LogP contribution in [0.15, 0.2) is 40.9 Å². The third-order valence-corrected chi connectivity index (χ3v) is 4.67. The molecule has 0 heterocycles. The van der Waals surface area contributed by atoms with Gasteiger partial charge in [-0.2, -0.15) is 0 Å². The maximum Gasteiger partial charge on any atom is 0.339 e. The molecule has 0 fully saturated rings. The SMILES string of the molecule is Nc1cccc(C(=O)OCc2ccc3c(c2)CCC3)c1Br. The summed E-state index contributed by atoms with van der Waals surface area (Å²) in [7, 11) is 0. The van der Waals surface area contributed by atoms with Crippen LogP contribution >= 0.6 is 15.9 Å². The van der Waals surface area contributed by atoms with Crippen LogP contribution < -0.4 is 5.73 Å². The Morgan fingerprint density at radius 2 is 2.00 bits per heavy atom. The number of carbonyl (C=O) groups excluding carboxylic acids is 1. The number of hydrogen-bond acceptors (Lipinski definition) is 3. The molecule has 2 aromatic carbocycles. The third-order valence-electron chi connectivity index (χ3n) is 3.78. The number of nitrogen functional groups attached to an aromatic ring is 1. The Balaban J connectivity index is 1.70. The maximum absolute atomic E-state index is 12.1. The van der Waals surface area contributed by atoms with Gasteiger partial charge in [0.2, 0.25) is 0 Å². The number of esters is 1. The maximum atomic E-state index is 12.1. The second-order valence-electron chi connectivity index (χ2n) is 5.24. The van der Waals surface area contributed by atoms with Crippen LogP contribution in [0, 0.1) is 0 Å². The lowest BCUT2D eigenvalue weighted by Crippen LogP contribution is -2.07. The molecule has 1 aliphatic rings. The van der Waals surface area contributed by atoms with Crippen molar-refractivity contribution in [2.24, 2.45) is 0 Å². The molecule has 0 bridgehead atoms. The van der Waals surface area contributed by atoms with Gasteiger partial charge in [0, 0.05) is 5.69 Å². The van der Waals surface area contributed by atoms with Gasteiger partial charge in [-0.15, -0.1) is 0 Å². The average Bonchev–Trinajstić information content (AvgIpc) is 2.95. The highest BCUT2D eigenvalue weighted by atomic mass is 79.9. The van der Waals surface area contributed by atoms with Crippen molar-refractivity contribution in [1.29, 1.82) is 0 Å². The lowest BCUT2D eigenvalue weighted by molar-refractivity contribution is 0.0471. The van der Waals surface area contributed by atoms with Crippen molar-refractivity contribution >= 4 is 27.6 Å². The number of ether oxygens (including phenoxy) is 1. The smallest absolute Gasteiger partial charge is 0.339 e. The lowest BCUT2D eigenvalue weighted by atomic mass is 10.1. The molecule has 0 saturated carbocycles. The number of halogens is 1. The summed E-state index contributed by atoms with van der Waals surface area (Å²) in [5, 5.41) is 0. The zero-order valence-corrected chi connectivity index (χ0v) is 13.2. The zero-order valence-electron chi connectivity index (χ0n) is 11.6. The van der Waals surface area contributed by atoms with E-state index in [0.29, 0.717) is 15.7 Å². The molecule has 0 atom stereocenters. The van der Waals surface area contributed by atoms with E-state index in [1.54, 1.807) is 18.2 Å². The fraction of sp³-hybridized carbons (Fsp3) is 0.235. The predicted molar refractivity (Wildman–Crippen MR) is 86.1 cm³/mol. The van der Waals surface area contributed by atoms with E-state index in [4.69, 9.17) is 10.5 Å². The first-order chi connectivity index (χ1) is 10.1. The van der Waals surface area contributed by atoms with E-state index in [1.807, 2.05) is 6.07 Å². The molecule has 0 saturated heterocycles. The Morgan fingerprint density at radius 1 is 1.19 bits per heavy atom. The summed E-state index contributed by atoms with van der Waals surface area (Å²) in [6.45, 7) is 0.285. The Bertz CT molecular complexity index is 697. The summed E-state index contributed by atoms with van der Waals surface area (Å²) in [5.41, 5.74) is 10.6. The van der Waals surface area contributed by atoms with Crippen molar-refractivity contribution in [3.63, 3.8) is 0 Å². The fourth-order valence-electron chi connectivity index (χ4n) is 2.65. The Kier molecular flexibility index (Phi) is 3.97. The molecule has 2 aromatic rings. The highest BCUT2D eigenvalue weighted by Gasteiger charge is 2.14. The molecule has 0 radical (unpaired) electrons. The Labute approximate surface area is 132 Å². The van der Waals surface area contributed by atoms with Crippen molar-refractivity contribution in [3.8, 4) is 0 Å². The van der Waals surface area contributed by atoms with Crippen LogP contribution in [0.2, 0.25) is 0 Å². The number of anilines is 1. The van der Waals surface area contributed by atoms with Crippen molar-refractivity contribution in [2.45, 2.75) is 25.9 Å². The van der Waals surface area contributed by atoms with Crippen LogP contribution in [0.5, 0.6) is 0 Å². The number of rotatable bonds is 3. The van der Waals surface area contributed by atoms with Crippen LogP contribution in [0.3, 0.4) is 0 Å². The summed E-state index contributed by atoms with van der Waals surface area (Å²) >= 11 is 3.32. The first-order valence-corrected chi connectivity index (χ1v) is 7.76. The summed E-state index contributed by atoms with van der Waals surface area (Å²) in [5.74, 6) is -0.366. The van der Waals surface area contributed by atoms with Crippen molar-refractivity contribution in [2.75, 3.05) is 5.73 Å². The molecular formula is C17H16BrNO2. The predicted octanol–water partition coefficient (Wildman–Crippen LogP) is 3.88. The van der Waals surface area contributed by atoms with Crippen LogP contribution in [0.1, 0.15) is 33.5 Å². The first-order valence-electron chi connectivity index (χ1n) is 6.97. The van der Waals surface area contributed by atoms with Crippen molar-refractivity contribution < 1.29 is 9.53 Å². The first kappa shape index (κ1) is 14.1. The standard InChI is InChI=1S/C17H16BrNO2/c18-16-14(5-2-6-15(16)19)17(20)21-10-11-7-8-12-3-1-4-13(12)9-11/h2,5-9H,1,3-4,10,19H2. The van der Waals surface area contributed by atoms with E-state index in [1.165, 1.54) is 17.5 Å². The highest BCUT2D eigenvalue weighted by Crippen LogP contribution is 2.26. The van der Waals surface area contributed by atoms with Gasteiger partial charge in [0.15, 0.2) is 0 Å². The Morgan fingerprint density at radius 3 is 2.86 bits per heavy atom. The van der Waals surface area contributed by atoms with Gasteiger partial charge in [-0.1, -0.05) is 24.3 Å². The van der Waals surface area contributed by atoms with E-state index in [-0.39, 0.29) is 12.6 Å². The molecule has 0 aliphatic heterocycles. The number of aryl methyl sites for hydroxylation is 2. The minimum absolute atomic E-state index is 0.285. The summed E-state index contributed by atoms with van der Waals surface area (Å²) in [4.78, 5) is 12.1. The molecule has 21 heavy (non-hydrogen) atoms. The van der Waals surface area contributed by atoms with Gasteiger partial charge >= 0.3 is 5.97 Å². The normalized spacial score (nSPS) is 13.0. The molecule has 0 amide bonds. The highest BCUT2D eigenvalue weighted by molar-refractivity contribution is 9.10. The molecule has 2 N–H and O–H groups in total. The van der Waals surface area contributed by atoms with Gasteiger partial charge < -0.3 is 10.5 Å². The monoisotopic (exact) mass is 345 g/mol. The average molecular weight is 346 g/mol.